The Morgan fingerprint density at radius 2 is 1.77 bits per heavy atom. The molecule has 1 aromatic heterocycles. The van der Waals surface area contributed by atoms with Gasteiger partial charge in [-0.1, -0.05) is 0 Å². The third-order valence-electron chi connectivity index (χ3n) is 4.85. The van der Waals surface area contributed by atoms with Crippen molar-refractivity contribution in [1.82, 2.24) is 4.98 Å². The summed E-state index contributed by atoms with van der Waals surface area (Å²) in [5.41, 5.74) is 4.08. The van der Waals surface area contributed by atoms with Gasteiger partial charge in [0.1, 0.15) is 5.82 Å². The third-order valence-corrected chi connectivity index (χ3v) is 4.85. The van der Waals surface area contributed by atoms with Crippen molar-refractivity contribution in [2.45, 2.75) is 13.0 Å². The first-order chi connectivity index (χ1) is 12.7. The van der Waals surface area contributed by atoms with E-state index in [0.717, 1.165) is 47.7 Å². The maximum atomic E-state index is 9.03. The zero-order valence-corrected chi connectivity index (χ0v) is 14.8. The summed E-state index contributed by atoms with van der Waals surface area (Å²) in [5.74, 6) is 2.48. The number of nitrogens with zero attached hydrogens (tertiary/aromatic N) is 3. The molecule has 0 saturated carbocycles. The van der Waals surface area contributed by atoms with Crippen LogP contribution in [0.5, 0.6) is 11.5 Å². The van der Waals surface area contributed by atoms with E-state index in [1.807, 2.05) is 30.3 Å². The first-order valence-electron chi connectivity index (χ1n) is 8.51. The van der Waals surface area contributed by atoms with Gasteiger partial charge in [0.25, 0.3) is 0 Å². The van der Waals surface area contributed by atoms with Crippen molar-refractivity contribution >= 4 is 16.7 Å². The topological polar surface area (TPSA) is 58.4 Å². The second-order valence-electron chi connectivity index (χ2n) is 6.34. The van der Waals surface area contributed by atoms with Gasteiger partial charge >= 0.3 is 0 Å². The second-order valence-corrected chi connectivity index (χ2v) is 6.34. The van der Waals surface area contributed by atoms with Crippen molar-refractivity contribution < 1.29 is 9.47 Å². The van der Waals surface area contributed by atoms with Crippen molar-refractivity contribution in [1.29, 1.82) is 5.26 Å². The first kappa shape index (κ1) is 16.2. The van der Waals surface area contributed by atoms with Crippen molar-refractivity contribution in [3.63, 3.8) is 0 Å². The van der Waals surface area contributed by atoms with Crippen LogP contribution < -0.4 is 14.4 Å². The fourth-order valence-corrected chi connectivity index (χ4v) is 3.44. The molecule has 0 unspecified atom stereocenters. The van der Waals surface area contributed by atoms with Gasteiger partial charge < -0.3 is 14.4 Å². The standard InChI is InChI=1S/C21H19N3O2/c1-25-19-10-15-7-8-24(13-17(15)11-20(19)26-2)21-6-4-16-9-14(12-22)3-5-18(16)23-21/h3-6,9-11H,7-8,13H2,1-2H3. The molecule has 2 heterocycles. The molecular weight excluding hydrogens is 326 g/mol. The van der Waals surface area contributed by atoms with Gasteiger partial charge in [0.2, 0.25) is 0 Å². The second kappa shape index (κ2) is 6.57. The van der Waals surface area contributed by atoms with Crippen LogP contribution in [0.1, 0.15) is 16.7 Å². The Morgan fingerprint density at radius 1 is 1.00 bits per heavy atom. The van der Waals surface area contributed by atoms with Gasteiger partial charge in [0.05, 0.1) is 31.4 Å². The van der Waals surface area contributed by atoms with Gasteiger partial charge in [0.15, 0.2) is 11.5 Å². The number of pyridine rings is 1. The summed E-state index contributed by atoms with van der Waals surface area (Å²) in [4.78, 5) is 7.05. The molecule has 0 N–H and O–H groups in total. The van der Waals surface area contributed by atoms with E-state index in [-0.39, 0.29) is 0 Å². The van der Waals surface area contributed by atoms with Gasteiger partial charge in [-0.15, -0.1) is 0 Å². The molecule has 0 aliphatic carbocycles. The molecule has 5 nitrogen and oxygen atoms in total. The number of ether oxygens (including phenoxy) is 2. The maximum absolute atomic E-state index is 9.03. The average molecular weight is 345 g/mol. The lowest BCUT2D eigenvalue weighted by atomic mass is 9.98. The van der Waals surface area contributed by atoms with E-state index >= 15 is 0 Å². The number of aromatic nitrogens is 1. The molecule has 0 radical (unpaired) electrons. The minimum absolute atomic E-state index is 0.653. The molecule has 5 heteroatoms. The van der Waals surface area contributed by atoms with Crippen LogP contribution in [0, 0.1) is 11.3 Å². The molecule has 0 spiro atoms. The molecule has 0 bridgehead atoms. The van der Waals surface area contributed by atoms with E-state index in [1.54, 1.807) is 14.2 Å². The Balaban J connectivity index is 1.66. The summed E-state index contributed by atoms with van der Waals surface area (Å²) in [7, 11) is 3.32. The normalized spacial score (nSPS) is 13.2. The van der Waals surface area contributed by atoms with Crippen LogP contribution in [-0.4, -0.2) is 25.7 Å². The smallest absolute Gasteiger partial charge is 0.161 e. The Morgan fingerprint density at radius 3 is 2.50 bits per heavy atom. The lowest BCUT2D eigenvalue weighted by Gasteiger charge is -2.30. The summed E-state index contributed by atoms with van der Waals surface area (Å²) < 4.78 is 10.8. The SMILES string of the molecule is COc1cc2c(cc1OC)CN(c1ccc3cc(C#N)ccc3n1)CC2. The Bertz CT molecular complexity index is 1020. The average Bonchev–Trinajstić information content (AvgIpc) is 2.71. The van der Waals surface area contributed by atoms with Crippen LogP contribution in [0.4, 0.5) is 5.82 Å². The van der Waals surface area contributed by atoms with E-state index < -0.39 is 0 Å². The zero-order valence-electron chi connectivity index (χ0n) is 14.8. The number of nitriles is 1. The Hall–Kier alpha value is -3.26. The predicted molar refractivity (Wildman–Crippen MR) is 101 cm³/mol. The number of rotatable bonds is 3. The molecule has 1 aliphatic rings. The van der Waals surface area contributed by atoms with Crippen LogP contribution in [0.3, 0.4) is 0 Å². The van der Waals surface area contributed by atoms with Gasteiger partial charge in [-0.3, -0.25) is 0 Å². The number of anilines is 1. The van der Waals surface area contributed by atoms with Crippen LogP contribution >= 0.6 is 0 Å². The minimum Gasteiger partial charge on any atom is -0.493 e. The Kier molecular flexibility index (Phi) is 4.10. The van der Waals surface area contributed by atoms with Crippen LogP contribution in [0.2, 0.25) is 0 Å². The number of hydrogen-bond donors (Lipinski definition) is 0. The molecule has 0 amide bonds. The maximum Gasteiger partial charge on any atom is 0.161 e. The van der Waals surface area contributed by atoms with Crippen molar-refractivity contribution in [3.8, 4) is 17.6 Å². The van der Waals surface area contributed by atoms with Crippen LogP contribution in [0.15, 0.2) is 42.5 Å². The van der Waals surface area contributed by atoms with Gasteiger partial charge in [-0.05, 0) is 60.0 Å². The van der Waals surface area contributed by atoms with E-state index in [0.29, 0.717) is 5.56 Å². The summed E-state index contributed by atoms with van der Waals surface area (Å²) in [5, 5.41) is 10.0. The van der Waals surface area contributed by atoms with Crippen molar-refractivity contribution in [2.75, 3.05) is 25.7 Å². The molecule has 1 aliphatic heterocycles. The number of benzene rings is 2. The Labute approximate surface area is 152 Å². The lowest BCUT2D eigenvalue weighted by Crippen LogP contribution is -2.31. The summed E-state index contributed by atoms with van der Waals surface area (Å²) in [6, 6.07) is 15.9. The highest BCUT2D eigenvalue weighted by atomic mass is 16.5. The van der Waals surface area contributed by atoms with Crippen molar-refractivity contribution in [3.05, 3.63) is 59.2 Å². The largest absolute Gasteiger partial charge is 0.493 e. The van der Waals surface area contributed by atoms with E-state index in [9.17, 15) is 0 Å². The lowest BCUT2D eigenvalue weighted by molar-refractivity contribution is 0.353. The van der Waals surface area contributed by atoms with Gasteiger partial charge in [0, 0.05) is 18.5 Å². The molecule has 0 fully saturated rings. The minimum atomic E-state index is 0.653. The molecule has 2 aromatic carbocycles. The molecule has 0 saturated heterocycles. The molecule has 0 atom stereocenters. The summed E-state index contributed by atoms with van der Waals surface area (Å²) in [6.45, 7) is 1.68. The molecule has 130 valence electrons. The highest BCUT2D eigenvalue weighted by molar-refractivity contribution is 5.81. The molecule has 3 aromatic rings. The molecule has 4 rings (SSSR count). The van der Waals surface area contributed by atoms with Gasteiger partial charge in [-0.25, -0.2) is 4.98 Å². The number of methoxy groups -OCH3 is 2. The fourth-order valence-electron chi connectivity index (χ4n) is 3.44. The van der Waals surface area contributed by atoms with Crippen molar-refractivity contribution in [2.24, 2.45) is 0 Å². The number of fused-ring (bicyclic) bond motifs is 2. The highest BCUT2D eigenvalue weighted by Crippen LogP contribution is 2.34. The number of hydrogen-bond acceptors (Lipinski definition) is 5. The monoisotopic (exact) mass is 345 g/mol. The predicted octanol–water partition coefficient (Wildman–Crippen LogP) is 3.69. The highest BCUT2D eigenvalue weighted by Gasteiger charge is 2.20. The molecular formula is C21H19N3O2. The van der Waals surface area contributed by atoms with Crippen LogP contribution in [0.25, 0.3) is 10.9 Å². The van der Waals surface area contributed by atoms with Crippen LogP contribution in [-0.2, 0) is 13.0 Å². The molecule has 26 heavy (non-hydrogen) atoms. The zero-order chi connectivity index (χ0) is 18.1. The van der Waals surface area contributed by atoms with E-state index in [2.05, 4.69) is 23.1 Å². The first-order valence-corrected chi connectivity index (χ1v) is 8.51. The van der Waals surface area contributed by atoms with E-state index in [4.69, 9.17) is 19.7 Å². The quantitative estimate of drug-likeness (QED) is 0.725. The summed E-state index contributed by atoms with van der Waals surface area (Å²) >= 11 is 0. The van der Waals surface area contributed by atoms with E-state index in [1.165, 1.54) is 11.1 Å². The van der Waals surface area contributed by atoms with Gasteiger partial charge in [-0.2, -0.15) is 5.26 Å². The fraction of sp³-hybridized carbons (Fsp3) is 0.238. The third kappa shape index (κ3) is 2.80. The summed E-state index contributed by atoms with van der Waals surface area (Å²) in [6.07, 6.45) is 0.933.